The third kappa shape index (κ3) is 3.51. The van der Waals surface area contributed by atoms with Gasteiger partial charge in [-0.1, -0.05) is 6.92 Å². The molecule has 3 nitrogen and oxygen atoms in total. The van der Waals surface area contributed by atoms with E-state index in [1.54, 1.807) is 0 Å². The van der Waals surface area contributed by atoms with Gasteiger partial charge in [-0.15, -0.1) is 0 Å². The van der Waals surface area contributed by atoms with Crippen LogP contribution in [0.4, 0.5) is 5.82 Å². The Morgan fingerprint density at radius 2 is 2.07 bits per heavy atom. The minimum Gasteiger partial charge on any atom is -0.360 e. The van der Waals surface area contributed by atoms with Crippen molar-refractivity contribution in [3.05, 3.63) is 23.4 Å². The molecule has 1 heterocycles. The molecule has 0 bridgehead atoms. The van der Waals surface area contributed by atoms with Gasteiger partial charge in [0.15, 0.2) is 0 Å². The molecule has 0 spiro atoms. The van der Waals surface area contributed by atoms with Crippen LogP contribution in [0.15, 0.2) is 12.1 Å². The highest BCUT2D eigenvalue weighted by Gasteiger charge is 2.03. The molecule has 1 rings (SSSR count). The SMILES string of the molecule is CCNCc1cc(C)nc(N(C)CC)c1. The summed E-state index contributed by atoms with van der Waals surface area (Å²) in [6, 6.07) is 4.29. The van der Waals surface area contributed by atoms with Gasteiger partial charge >= 0.3 is 0 Å². The highest BCUT2D eigenvalue weighted by Crippen LogP contribution is 2.13. The predicted octanol–water partition coefficient (Wildman–Crippen LogP) is 1.96. The molecule has 0 saturated carbocycles. The van der Waals surface area contributed by atoms with E-state index >= 15 is 0 Å². The quantitative estimate of drug-likeness (QED) is 0.800. The first kappa shape index (κ1) is 12.0. The lowest BCUT2D eigenvalue weighted by molar-refractivity contribution is 0.724. The summed E-state index contributed by atoms with van der Waals surface area (Å²) in [6.07, 6.45) is 0. The van der Waals surface area contributed by atoms with Gasteiger partial charge < -0.3 is 10.2 Å². The first-order valence-electron chi connectivity index (χ1n) is 5.56. The molecule has 1 aromatic rings. The number of nitrogens with one attached hydrogen (secondary N) is 1. The van der Waals surface area contributed by atoms with E-state index in [2.05, 4.69) is 48.2 Å². The minimum atomic E-state index is 0.921. The fraction of sp³-hybridized carbons (Fsp3) is 0.583. The number of nitrogens with zero attached hydrogens (tertiary/aromatic N) is 2. The molecule has 0 aliphatic carbocycles. The van der Waals surface area contributed by atoms with Gasteiger partial charge in [-0.05, 0) is 38.1 Å². The zero-order valence-electron chi connectivity index (χ0n) is 10.2. The van der Waals surface area contributed by atoms with Crippen LogP contribution in [0.2, 0.25) is 0 Å². The molecule has 1 aromatic heterocycles. The van der Waals surface area contributed by atoms with Crippen molar-refractivity contribution in [2.45, 2.75) is 27.3 Å². The second-order valence-corrected chi connectivity index (χ2v) is 3.77. The third-order valence-corrected chi connectivity index (χ3v) is 2.44. The van der Waals surface area contributed by atoms with Crippen LogP contribution in [0.5, 0.6) is 0 Å². The summed E-state index contributed by atoms with van der Waals surface area (Å²) in [5.41, 5.74) is 2.39. The number of hydrogen-bond donors (Lipinski definition) is 1. The van der Waals surface area contributed by atoms with E-state index in [0.29, 0.717) is 0 Å². The molecule has 0 amide bonds. The zero-order valence-corrected chi connectivity index (χ0v) is 10.2. The first-order valence-corrected chi connectivity index (χ1v) is 5.56. The highest BCUT2D eigenvalue weighted by molar-refractivity contribution is 5.41. The summed E-state index contributed by atoms with van der Waals surface area (Å²) in [5, 5.41) is 3.33. The van der Waals surface area contributed by atoms with E-state index in [-0.39, 0.29) is 0 Å². The Morgan fingerprint density at radius 1 is 1.33 bits per heavy atom. The van der Waals surface area contributed by atoms with E-state index in [1.807, 2.05) is 6.92 Å². The van der Waals surface area contributed by atoms with Crippen LogP contribution >= 0.6 is 0 Å². The molecule has 0 radical (unpaired) electrons. The molecular formula is C12H21N3. The van der Waals surface area contributed by atoms with Crippen LogP contribution in [-0.4, -0.2) is 25.1 Å². The summed E-state index contributed by atoms with van der Waals surface area (Å²) in [7, 11) is 2.07. The standard InChI is InChI=1S/C12H21N3/c1-5-13-9-11-7-10(3)14-12(8-11)15(4)6-2/h7-8,13H,5-6,9H2,1-4H3. The lowest BCUT2D eigenvalue weighted by atomic mass is 10.2. The van der Waals surface area contributed by atoms with Crippen molar-refractivity contribution in [3.63, 3.8) is 0 Å². The van der Waals surface area contributed by atoms with Crippen LogP contribution in [-0.2, 0) is 6.54 Å². The zero-order chi connectivity index (χ0) is 11.3. The van der Waals surface area contributed by atoms with Crippen LogP contribution in [0.1, 0.15) is 25.1 Å². The van der Waals surface area contributed by atoms with Gasteiger partial charge in [0.1, 0.15) is 5.82 Å². The van der Waals surface area contributed by atoms with E-state index in [4.69, 9.17) is 0 Å². The monoisotopic (exact) mass is 207 g/mol. The van der Waals surface area contributed by atoms with Gasteiger partial charge in [0, 0.05) is 25.8 Å². The maximum atomic E-state index is 4.51. The smallest absolute Gasteiger partial charge is 0.128 e. The van der Waals surface area contributed by atoms with Crippen molar-refractivity contribution in [2.75, 3.05) is 25.0 Å². The van der Waals surface area contributed by atoms with Crippen molar-refractivity contribution in [2.24, 2.45) is 0 Å². The van der Waals surface area contributed by atoms with Crippen molar-refractivity contribution in [3.8, 4) is 0 Å². The average Bonchev–Trinajstić information content (AvgIpc) is 2.24. The Morgan fingerprint density at radius 3 is 2.67 bits per heavy atom. The van der Waals surface area contributed by atoms with Crippen LogP contribution in [0, 0.1) is 6.92 Å². The molecule has 0 aliphatic rings. The number of aromatic nitrogens is 1. The molecule has 1 N–H and O–H groups in total. The van der Waals surface area contributed by atoms with Crippen molar-refractivity contribution >= 4 is 5.82 Å². The van der Waals surface area contributed by atoms with Gasteiger partial charge in [-0.25, -0.2) is 4.98 Å². The van der Waals surface area contributed by atoms with Crippen molar-refractivity contribution in [1.82, 2.24) is 10.3 Å². The van der Waals surface area contributed by atoms with Gasteiger partial charge in [0.25, 0.3) is 0 Å². The second-order valence-electron chi connectivity index (χ2n) is 3.77. The Bertz CT molecular complexity index is 310. The van der Waals surface area contributed by atoms with Gasteiger partial charge in [0.2, 0.25) is 0 Å². The largest absolute Gasteiger partial charge is 0.360 e. The van der Waals surface area contributed by atoms with E-state index in [9.17, 15) is 0 Å². The molecule has 0 aliphatic heterocycles. The van der Waals surface area contributed by atoms with Crippen LogP contribution in [0.25, 0.3) is 0 Å². The normalized spacial score (nSPS) is 10.4. The topological polar surface area (TPSA) is 28.2 Å². The summed E-state index contributed by atoms with van der Waals surface area (Å²) in [6.45, 7) is 9.20. The van der Waals surface area contributed by atoms with Gasteiger partial charge in [-0.2, -0.15) is 0 Å². The molecule has 84 valence electrons. The van der Waals surface area contributed by atoms with Gasteiger partial charge in [-0.3, -0.25) is 0 Å². The molecule has 0 saturated heterocycles. The number of aryl methyl sites for hydroxylation is 1. The summed E-state index contributed by atoms with van der Waals surface area (Å²) in [4.78, 5) is 6.67. The Labute approximate surface area is 92.5 Å². The van der Waals surface area contributed by atoms with Gasteiger partial charge in [0.05, 0.1) is 0 Å². The maximum Gasteiger partial charge on any atom is 0.128 e. The summed E-state index contributed by atoms with van der Waals surface area (Å²) < 4.78 is 0. The average molecular weight is 207 g/mol. The lowest BCUT2D eigenvalue weighted by Gasteiger charge is -2.17. The number of pyridine rings is 1. The second kappa shape index (κ2) is 5.71. The summed E-state index contributed by atoms with van der Waals surface area (Å²) in [5.74, 6) is 1.06. The number of anilines is 1. The fourth-order valence-corrected chi connectivity index (χ4v) is 1.45. The molecule has 0 fully saturated rings. The molecule has 3 heteroatoms. The molecular weight excluding hydrogens is 186 g/mol. The highest BCUT2D eigenvalue weighted by atomic mass is 15.2. The Balaban J connectivity index is 2.84. The van der Waals surface area contributed by atoms with E-state index in [0.717, 1.165) is 31.1 Å². The molecule has 0 atom stereocenters. The van der Waals surface area contributed by atoms with Crippen LogP contribution in [0.3, 0.4) is 0 Å². The van der Waals surface area contributed by atoms with E-state index in [1.165, 1.54) is 5.56 Å². The van der Waals surface area contributed by atoms with E-state index < -0.39 is 0 Å². The fourth-order valence-electron chi connectivity index (χ4n) is 1.45. The Kier molecular flexibility index (Phi) is 4.56. The molecule has 0 unspecified atom stereocenters. The molecule has 0 aromatic carbocycles. The lowest BCUT2D eigenvalue weighted by Crippen LogP contribution is -2.19. The van der Waals surface area contributed by atoms with Crippen molar-refractivity contribution < 1.29 is 0 Å². The number of hydrogen-bond acceptors (Lipinski definition) is 3. The predicted molar refractivity (Wildman–Crippen MR) is 65.3 cm³/mol. The van der Waals surface area contributed by atoms with Crippen molar-refractivity contribution in [1.29, 1.82) is 0 Å². The first-order chi connectivity index (χ1) is 7.17. The Hall–Kier alpha value is -1.09. The third-order valence-electron chi connectivity index (χ3n) is 2.44. The summed E-state index contributed by atoms with van der Waals surface area (Å²) >= 11 is 0. The minimum absolute atomic E-state index is 0.921. The molecule has 15 heavy (non-hydrogen) atoms. The number of rotatable bonds is 5. The van der Waals surface area contributed by atoms with Crippen LogP contribution < -0.4 is 10.2 Å². The maximum absolute atomic E-state index is 4.51.